The normalized spacial score (nSPS) is 11.3. The lowest BCUT2D eigenvalue weighted by molar-refractivity contribution is -0.122. The predicted octanol–water partition coefficient (Wildman–Crippen LogP) is 3.54. The summed E-state index contributed by atoms with van der Waals surface area (Å²) in [5.41, 5.74) is 0.489. The van der Waals surface area contributed by atoms with E-state index in [4.69, 9.17) is 6.42 Å². The number of benzene rings is 1. The molecule has 2 aromatic rings. The maximum Gasteiger partial charge on any atom is 0.221 e. The molecule has 0 aliphatic rings. The SMILES string of the molecule is C#CC(CC)(CC)NC(=O)CCc1nc2ccccc2s1. The summed E-state index contributed by atoms with van der Waals surface area (Å²) in [5.74, 6) is 2.72. The lowest BCUT2D eigenvalue weighted by Crippen LogP contribution is -2.46. The lowest BCUT2D eigenvalue weighted by atomic mass is 9.93. The van der Waals surface area contributed by atoms with Crippen LogP contribution in [0.2, 0.25) is 0 Å². The maximum atomic E-state index is 12.1. The number of aromatic nitrogens is 1. The quantitative estimate of drug-likeness (QED) is 0.829. The molecule has 0 saturated carbocycles. The number of aryl methyl sites for hydroxylation is 1. The number of amides is 1. The second-order valence-corrected chi connectivity index (χ2v) is 6.17. The first-order valence-corrected chi connectivity index (χ1v) is 8.07. The number of hydrogen-bond acceptors (Lipinski definition) is 3. The molecule has 1 N–H and O–H groups in total. The summed E-state index contributed by atoms with van der Waals surface area (Å²) in [6.07, 6.45) is 8.12. The average molecular weight is 300 g/mol. The van der Waals surface area contributed by atoms with Crippen LogP contribution in [-0.2, 0) is 11.2 Å². The van der Waals surface area contributed by atoms with Gasteiger partial charge in [-0.3, -0.25) is 4.79 Å². The molecule has 1 amide bonds. The van der Waals surface area contributed by atoms with E-state index in [0.29, 0.717) is 12.8 Å². The van der Waals surface area contributed by atoms with Crippen LogP contribution in [0.25, 0.3) is 10.2 Å². The molecule has 0 spiro atoms. The van der Waals surface area contributed by atoms with Crippen molar-refractivity contribution in [2.45, 2.75) is 45.1 Å². The highest BCUT2D eigenvalue weighted by Crippen LogP contribution is 2.22. The summed E-state index contributed by atoms with van der Waals surface area (Å²) in [7, 11) is 0. The average Bonchev–Trinajstić information content (AvgIpc) is 2.94. The van der Waals surface area contributed by atoms with Crippen molar-refractivity contribution in [2.24, 2.45) is 0 Å². The summed E-state index contributed by atoms with van der Waals surface area (Å²) in [6, 6.07) is 8.02. The molecule has 1 heterocycles. The van der Waals surface area contributed by atoms with Gasteiger partial charge in [-0.25, -0.2) is 4.98 Å². The van der Waals surface area contributed by atoms with Crippen LogP contribution >= 0.6 is 11.3 Å². The Morgan fingerprint density at radius 2 is 2.10 bits per heavy atom. The van der Waals surface area contributed by atoms with Crippen LogP contribution < -0.4 is 5.32 Å². The Labute approximate surface area is 129 Å². The smallest absolute Gasteiger partial charge is 0.221 e. The van der Waals surface area contributed by atoms with Gasteiger partial charge in [0, 0.05) is 12.8 Å². The van der Waals surface area contributed by atoms with E-state index in [1.807, 2.05) is 38.1 Å². The molecular formula is C17H20N2OS. The van der Waals surface area contributed by atoms with E-state index in [-0.39, 0.29) is 5.91 Å². The van der Waals surface area contributed by atoms with Crippen LogP contribution in [0.15, 0.2) is 24.3 Å². The minimum Gasteiger partial charge on any atom is -0.340 e. The Bertz CT molecular complexity index is 632. The van der Waals surface area contributed by atoms with Gasteiger partial charge in [-0.2, -0.15) is 0 Å². The van der Waals surface area contributed by atoms with Crippen molar-refractivity contribution in [1.82, 2.24) is 10.3 Å². The number of rotatable bonds is 6. The van der Waals surface area contributed by atoms with E-state index < -0.39 is 5.54 Å². The van der Waals surface area contributed by atoms with Crippen LogP contribution in [0, 0.1) is 12.3 Å². The van der Waals surface area contributed by atoms with Crippen molar-refractivity contribution in [2.75, 3.05) is 0 Å². The van der Waals surface area contributed by atoms with Crippen molar-refractivity contribution in [3.8, 4) is 12.3 Å². The van der Waals surface area contributed by atoms with Crippen molar-refractivity contribution >= 4 is 27.5 Å². The standard InChI is InChI=1S/C17H20N2OS/c1-4-17(5-2,6-3)19-15(20)11-12-16-18-13-9-7-8-10-14(13)21-16/h1,7-10H,5-6,11-12H2,2-3H3,(H,19,20). The van der Waals surface area contributed by atoms with Crippen LogP contribution in [0.3, 0.4) is 0 Å². The van der Waals surface area contributed by atoms with Gasteiger partial charge in [0.15, 0.2) is 0 Å². The third kappa shape index (κ3) is 3.62. The highest BCUT2D eigenvalue weighted by atomic mass is 32.1. The van der Waals surface area contributed by atoms with Crippen LogP contribution in [0.4, 0.5) is 0 Å². The topological polar surface area (TPSA) is 42.0 Å². The van der Waals surface area contributed by atoms with Crippen molar-refractivity contribution in [3.05, 3.63) is 29.3 Å². The first-order chi connectivity index (χ1) is 10.1. The molecule has 2 rings (SSSR count). The fourth-order valence-corrected chi connectivity index (χ4v) is 3.21. The van der Waals surface area contributed by atoms with Gasteiger partial charge >= 0.3 is 0 Å². The number of terminal acetylenes is 1. The number of nitrogens with one attached hydrogen (secondary N) is 1. The Kier molecular flexibility index (Phi) is 4.98. The largest absolute Gasteiger partial charge is 0.340 e. The summed E-state index contributed by atoms with van der Waals surface area (Å²) < 4.78 is 1.16. The molecule has 0 atom stereocenters. The van der Waals surface area contributed by atoms with E-state index in [2.05, 4.69) is 16.2 Å². The molecule has 0 aliphatic heterocycles. The van der Waals surface area contributed by atoms with Gasteiger partial charge < -0.3 is 5.32 Å². The van der Waals surface area contributed by atoms with E-state index in [9.17, 15) is 4.79 Å². The molecule has 0 bridgehead atoms. The van der Waals surface area contributed by atoms with Gasteiger partial charge in [0.25, 0.3) is 0 Å². The minimum absolute atomic E-state index is 0.00379. The number of thiazole rings is 1. The molecule has 1 aromatic carbocycles. The Morgan fingerprint density at radius 3 is 2.71 bits per heavy atom. The molecular weight excluding hydrogens is 280 g/mol. The second-order valence-electron chi connectivity index (χ2n) is 5.06. The molecule has 4 heteroatoms. The van der Waals surface area contributed by atoms with E-state index in [1.165, 1.54) is 0 Å². The van der Waals surface area contributed by atoms with Gasteiger partial charge in [-0.15, -0.1) is 17.8 Å². The number of nitrogens with zero attached hydrogens (tertiary/aromatic N) is 1. The third-order valence-corrected chi connectivity index (χ3v) is 4.86. The molecule has 0 aliphatic carbocycles. The summed E-state index contributed by atoms with van der Waals surface area (Å²) in [6.45, 7) is 3.99. The van der Waals surface area contributed by atoms with Crippen molar-refractivity contribution in [3.63, 3.8) is 0 Å². The maximum absolute atomic E-state index is 12.1. The highest BCUT2D eigenvalue weighted by Gasteiger charge is 2.25. The first-order valence-electron chi connectivity index (χ1n) is 7.25. The van der Waals surface area contributed by atoms with Gasteiger partial charge in [-0.1, -0.05) is 31.9 Å². The van der Waals surface area contributed by atoms with Gasteiger partial charge in [-0.05, 0) is 25.0 Å². The van der Waals surface area contributed by atoms with E-state index in [0.717, 1.165) is 28.1 Å². The summed E-state index contributed by atoms with van der Waals surface area (Å²) in [4.78, 5) is 16.6. The highest BCUT2D eigenvalue weighted by molar-refractivity contribution is 7.18. The molecule has 110 valence electrons. The minimum atomic E-state index is -0.509. The van der Waals surface area contributed by atoms with Crippen molar-refractivity contribution in [1.29, 1.82) is 0 Å². The third-order valence-electron chi connectivity index (χ3n) is 3.77. The molecule has 0 saturated heterocycles. The van der Waals surface area contributed by atoms with Crippen LogP contribution in [-0.4, -0.2) is 16.4 Å². The van der Waals surface area contributed by atoms with Crippen LogP contribution in [0.5, 0.6) is 0 Å². The van der Waals surface area contributed by atoms with Gasteiger partial charge in [0.1, 0.15) is 5.54 Å². The lowest BCUT2D eigenvalue weighted by Gasteiger charge is -2.26. The second kappa shape index (κ2) is 6.73. The predicted molar refractivity (Wildman–Crippen MR) is 88.2 cm³/mol. The zero-order valence-corrected chi connectivity index (χ0v) is 13.3. The number of hydrogen-bond donors (Lipinski definition) is 1. The number of para-hydroxylation sites is 1. The van der Waals surface area contributed by atoms with Gasteiger partial charge in [0.2, 0.25) is 5.91 Å². The first kappa shape index (κ1) is 15.5. The summed E-state index contributed by atoms with van der Waals surface area (Å²) >= 11 is 1.64. The molecule has 21 heavy (non-hydrogen) atoms. The Hall–Kier alpha value is -1.86. The molecule has 1 aromatic heterocycles. The Balaban J connectivity index is 1.96. The number of fused-ring (bicyclic) bond motifs is 1. The monoisotopic (exact) mass is 300 g/mol. The zero-order valence-electron chi connectivity index (χ0n) is 12.5. The van der Waals surface area contributed by atoms with E-state index in [1.54, 1.807) is 11.3 Å². The van der Waals surface area contributed by atoms with Crippen molar-refractivity contribution < 1.29 is 4.79 Å². The summed E-state index contributed by atoms with van der Waals surface area (Å²) in [5, 5.41) is 3.98. The molecule has 0 radical (unpaired) electrons. The van der Waals surface area contributed by atoms with E-state index >= 15 is 0 Å². The Morgan fingerprint density at radius 1 is 1.38 bits per heavy atom. The van der Waals surface area contributed by atoms with Crippen LogP contribution in [0.1, 0.15) is 38.1 Å². The van der Waals surface area contributed by atoms with Gasteiger partial charge in [0.05, 0.1) is 15.2 Å². The zero-order chi connectivity index (χ0) is 15.3. The fraction of sp³-hybridized carbons (Fsp3) is 0.412. The molecule has 3 nitrogen and oxygen atoms in total. The molecule has 0 unspecified atom stereocenters. The number of carbonyl (C=O) groups excluding carboxylic acids is 1. The number of carbonyl (C=O) groups is 1. The molecule has 0 fully saturated rings. The fourth-order valence-electron chi connectivity index (χ4n) is 2.24.